The summed E-state index contributed by atoms with van der Waals surface area (Å²) in [6, 6.07) is 0. The molecule has 0 aromatic carbocycles. The van der Waals surface area contributed by atoms with Gasteiger partial charge in [-0.3, -0.25) is 0 Å². The molecule has 0 radical (unpaired) electrons. The highest BCUT2D eigenvalue weighted by Crippen LogP contribution is 2.04. The van der Waals surface area contributed by atoms with E-state index in [4.69, 9.17) is 4.12 Å². The van der Waals surface area contributed by atoms with E-state index in [1.807, 2.05) is 0 Å². The summed E-state index contributed by atoms with van der Waals surface area (Å²) in [5.74, 6) is 0. The zero-order valence-corrected chi connectivity index (χ0v) is 8.25. The first-order chi connectivity index (χ1) is 2.56. The third kappa shape index (κ3) is 4.74. The van der Waals surface area contributed by atoms with Gasteiger partial charge in [-0.1, -0.05) is 0 Å². The molecule has 0 N–H and O–H groups in total. The average Bonchev–Trinajstić information content (AvgIpc) is 1.35. The van der Waals surface area contributed by atoms with Gasteiger partial charge in [-0.25, -0.2) is 0 Å². The molecule has 1 nitrogen and oxygen atoms in total. The molecule has 38 valence electrons. The molecule has 0 fully saturated rings. The van der Waals surface area contributed by atoms with Crippen LogP contribution < -0.4 is 0 Å². The first kappa shape index (κ1) is 6.74. The smallest absolute Gasteiger partial charge is 0.233 e. The van der Waals surface area contributed by atoms with E-state index in [-0.39, 0.29) is 0 Å². The normalized spacial score (nSPS) is 12.5. The molecule has 0 aromatic heterocycles. The lowest BCUT2D eigenvalue weighted by Gasteiger charge is -2.10. The highest BCUT2D eigenvalue weighted by Gasteiger charge is 2.10. The molecule has 0 amide bonds. The van der Waals surface area contributed by atoms with Gasteiger partial charge in [-0.2, -0.15) is 12.1 Å². The van der Waals surface area contributed by atoms with Gasteiger partial charge in [0.15, 0.2) is 0 Å². The second-order valence-electron chi connectivity index (χ2n) is 1.65. The first-order valence-corrected chi connectivity index (χ1v) is 6.85. The summed E-state index contributed by atoms with van der Waals surface area (Å²) in [4.78, 5) is 0. The van der Waals surface area contributed by atoms with Gasteiger partial charge in [0.25, 0.3) is 0 Å². The maximum Gasteiger partial charge on any atom is 0.233 e. The molecule has 0 heterocycles. The van der Waals surface area contributed by atoms with E-state index in [0.29, 0.717) is 0 Å². The Labute approximate surface area is 47.8 Å². The van der Waals surface area contributed by atoms with Crippen LogP contribution in [0.2, 0.25) is 13.1 Å². The van der Waals surface area contributed by atoms with E-state index in [2.05, 4.69) is 25.2 Å². The van der Waals surface area contributed by atoms with E-state index >= 15 is 0 Å². The summed E-state index contributed by atoms with van der Waals surface area (Å²) in [5.41, 5.74) is 0. The van der Waals surface area contributed by atoms with Crippen LogP contribution in [-0.2, 0) is 4.12 Å². The van der Waals surface area contributed by atoms with Crippen LogP contribution in [-0.4, -0.2) is 18.0 Å². The van der Waals surface area contributed by atoms with Crippen molar-refractivity contribution in [2.24, 2.45) is 0 Å². The molecule has 0 spiro atoms. The summed E-state index contributed by atoms with van der Waals surface area (Å²) in [5, 5.41) is 0. The van der Waals surface area contributed by atoms with E-state index in [9.17, 15) is 0 Å². The minimum atomic E-state index is -1.38. The predicted molar refractivity (Wildman–Crippen MR) is 37.5 cm³/mol. The van der Waals surface area contributed by atoms with Gasteiger partial charge in [0, 0.05) is 0 Å². The number of thiol groups is 1. The molecule has 6 heavy (non-hydrogen) atoms. The second-order valence-corrected chi connectivity index (χ2v) is 9.41. The summed E-state index contributed by atoms with van der Waals surface area (Å²) >= 11 is 4.21. The summed E-state index contributed by atoms with van der Waals surface area (Å²) in [7, 11) is -0.542. The average molecular weight is 138 g/mol. The van der Waals surface area contributed by atoms with Crippen molar-refractivity contribution in [2.75, 3.05) is 0 Å². The molecule has 0 unspecified atom stereocenters. The van der Waals surface area contributed by atoms with Crippen LogP contribution in [0.3, 0.4) is 0 Å². The monoisotopic (exact) mass is 138 g/mol. The van der Waals surface area contributed by atoms with Gasteiger partial charge < -0.3 is 4.12 Å². The lowest BCUT2D eigenvalue weighted by molar-refractivity contribution is 0.640. The zero-order valence-electron chi connectivity index (χ0n) is 4.36. The van der Waals surface area contributed by atoms with E-state index in [0.717, 1.165) is 10.5 Å². The molecule has 0 bridgehead atoms. The number of hydrogen-bond acceptors (Lipinski definition) is 2. The van der Waals surface area contributed by atoms with Crippen molar-refractivity contribution in [1.29, 1.82) is 0 Å². The SMILES string of the molecule is C[Si](C)(S)O[SiH3]. The molecule has 0 rings (SSSR count). The van der Waals surface area contributed by atoms with Crippen molar-refractivity contribution in [3.8, 4) is 0 Å². The van der Waals surface area contributed by atoms with Gasteiger partial charge in [0.1, 0.15) is 10.5 Å². The molecular formula is C2H10OSSi2. The topological polar surface area (TPSA) is 9.23 Å². The summed E-state index contributed by atoms with van der Waals surface area (Å²) < 4.78 is 5.08. The minimum Gasteiger partial charge on any atom is -0.457 e. The van der Waals surface area contributed by atoms with Crippen LogP contribution in [0.1, 0.15) is 0 Å². The van der Waals surface area contributed by atoms with Crippen molar-refractivity contribution in [2.45, 2.75) is 13.1 Å². The van der Waals surface area contributed by atoms with Crippen molar-refractivity contribution in [1.82, 2.24) is 0 Å². The minimum absolute atomic E-state index is 0.833. The van der Waals surface area contributed by atoms with E-state index < -0.39 is 7.47 Å². The van der Waals surface area contributed by atoms with Crippen LogP contribution in [0.15, 0.2) is 0 Å². The van der Waals surface area contributed by atoms with Gasteiger partial charge in [-0.15, -0.1) is 0 Å². The van der Waals surface area contributed by atoms with Crippen molar-refractivity contribution in [3.63, 3.8) is 0 Å². The molecular weight excluding hydrogens is 128 g/mol. The van der Waals surface area contributed by atoms with Crippen molar-refractivity contribution < 1.29 is 4.12 Å². The Morgan fingerprint density at radius 2 is 1.83 bits per heavy atom. The van der Waals surface area contributed by atoms with Gasteiger partial charge in [0.05, 0.1) is 0 Å². The fraction of sp³-hybridized carbons (Fsp3) is 1.00. The largest absolute Gasteiger partial charge is 0.457 e. The number of rotatable bonds is 1. The van der Waals surface area contributed by atoms with Crippen LogP contribution in [0, 0.1) is 0 Å². The zero-order chi connectivity index (χ0) is 5.21. The van der Waals surface area contributed by atoms with E-state index in [1.54, 1.807) is 0 Å². The van der Waals surface area contributed by atoms with Crippen LogP contribution in [0.4, 0.5) is 0 Å². The molecule has 0 aliphatic heterocycles. The quantitative estimate of drug-likeness (QED) is 0.394. The summed E-state index contributed by atoms with van der Waals surface area (Å²) in [6.45, 7) is 4.12. The van der Waals surface area contributed by atoms with Gasteiger partial charge in [0.2, 0.25) is 7.47 Å². The highest BCUT2D eigenvalue weighted by molar-refractivity contribution is 8.13. The van der Waals surface area contributed by atoms with Gasteiger partial charge >= 0.3 is 0 Å². The van der Waals surface area contributed by atoms with Crippen LogP contribution in [0.5, 0.6) is 0 Å². The molecule has 0 saturated carbocycles. The Morgan fingerprint density at radius 1 is 1.67 bits per heavy atom. The molecule has 0 aliphatic carbocycles. The summed E-state index contributed by atoms with van der Waals surface area (Å²) in [6.07, 6.45) is 0. The Morgan fingerprint density at radius 3 is 1.83 bits per heavy atom. The molecule has 0 saturated heterocycles. The molecule has 4 heteroatoms. The van der Waals surface area contributed by atoms with Crippen LogP contribution in [0.25, 0.3) is 0 Å². The van der Waals surface area contributed by atoms with Gasteiger partial charge in [-0.05, 0) is 13.1 Å². The Hall–Kier alpha value is 0.744. The maximum absolute atomic E-state index is 5.08. The Kier molecular flexibility index (Phi) is 2.42. The fourth-order valence-corrected chi connectivity index (χ4v) is 0. The third-order valence-electron chi connectivity index (χ3n) is 0.500. The van der Waals surface area contributed by atoms with Crippen molar-refractivity contribution in [3.05, 3.63) is 0 Å². The van der Waals surface area contributed by atoms with Crippen molar-refractivity contribution >= 4 is 30.0 Å². The Bertz CT molecular complexity index is 41.3. The molecule has 0 aliphatic rings. The maximum atomic E-state index is 5.08. The third-order valence-corrected chi connectivity index (χ3v) is 6.14. The lowest BCUT2D eigenvalue weighted by Crippen LogP contribution is -2.19. The van der Waals surface area contributed by atoms with Crippen LogP contribution >= 0.6 is 12.1 Å². The van der Waals surface area contributed by atoms with E-state index in [1.165, 1.54) is 0 Å². The molecule has 0 aromatic rings. The lowest BCUT2D eigenvalue weighted by atomic mass is 11.9. The molecule has 0 atom stereocenters. The standard InChI is InChI=1S/C2H10OSSi2/c1-6(2,4)3-5/h4H,1-2,5H3. The second kappa shape index (κ2) is 2.16. The Balaban J connectivity index is 3.17. The fourth-order valence-electron chi connectivity index (χ4n) is 0. The number of hydrogen-bond donors (Lipinski definition) is 1. The first-order valence-electron chi connectivity index (χ1n) is 1.84. The highest BCUT2D eigenvalue weighted by atomic mass is 32.3. The predicted octanol–water partition coefficient (Wildman–Crippen LogP) is -0.0850.